The normalized spacial score (nSPS) is 14.4. The minimum atomic E-state index is -0.733. The van der Waals surface area contributed by atoms with Crippen LogP contribution in [0.3, 0.4) is 0 Å². The smallest absolute Gasteiger partial charge is 0.410 e. The van der Waals surface area contributed by atoms with Gasteiger partial charge in [0.1, 0.15) is 33.9 Å². The molecule has 29 nitrogen and oxygen atoms in total. The van der Waals surface area contributed by atoms with E-state index in [1.807, 2.05) is 67.2 Å². The van der Waals surface area contributed by atoms with E-state index in [2.05, 4.69) is 92.3 Å². The Kier molecular flexibility index (Phi) is 33.7. The summed E-state index contributed by atoms with van der Waals surface area (Å²) in [5, 5.41) is 11.2. The van der Waals surface area contributed by atoms with E-state index in [0.29, 0.717) is 75.1 Å². The quantitative estimate of drug-likeness (QED) is 0.0496. The average Bonchev–Trinajstić information content (AvgIpc) is 0.832. The van der Waals surface area contributed by atoms with Gasteiger partial charge in [0.25, 0.3) is 11.8 Å². The van der Waals surface area contributed by atoms with E-state index >= 15 is 0 Å². The lowest BCUT2D eigenvalue weighted by Gasteiger charge is -2.36. The van der Waals surface area contributed by atoms with Crippen molar-refractivity contribution in [1.29, 1.82) is 0 Å². The molecule has 0 radical (unpaired) electrons. The summed E-state index contributed by atoms with van der Waals surface area (Å²) in [6.45, 7) is 26.5. The molecule has 0 saturated carbocycles. The molecule has 554 valence electrons. The molecule has 0 aliphatic carbocycles. The van der Waals surface area contributed by atoms with Gasteiger partial charge >= 0.3 is 36.2 Å². The van der Waals surface area contributed by atoms with Crippen LogP contribution in [0.2, 0.25) is 0 Å². The first-order valence-corrected chi connectivity index (χ1v) is 33.3. The number of anilines is 3. The topological polar surface area (TPSA) is 324 Å². The summed E-state index contributed by atoms with van der Waals surface area (Å²) in [6.07, 6.45) is 0.609. The van der Waals surface area contributed by atoms with E-state index in [0.717, 1.165) is 56.8 Å². The number of rotatable bonds is 8. The molecular formula is C66H89Br2F4N15O14. The number of hydrogen-bond donors (Lipinski definition) is 4. The zero-order valence-electron chi connectivity index (χ0n) is 59.1. The third-order valence-corrected chi connectivity index (χ3v) is 15.0. The number of esters is 3. The van der Waals surface area contributed by atoms with E-state index in [-0.39, 0.29) is 57.0 Å². The number of pyridine rings is 5. The zero-order valence-corrected chi connectivity index (χ0v) is 62.2. The molecule has 9 heterocycles. The maximum absolute atomic E-state index is 14.2. The second-order valence-corrected chi connectivity index (χ2v) is 26.6. The number of methoxy groups -OCH3 is 3. The van der Waals surface area contributed by atoms with Crippen molar-refractivity contribution in [3.63, 3.8) is 0 Å². The molecule has 5 amide bonds. The number of carbonyl (C=O) groups excluding carboxylic acids is 8. The molecule has 4 fully saturated rings. The Morgan fingerprint density at radius 2 is 0.703 bits per heavy atom. The molecule has 101 heavy (non-hydrogen) atoms. The van der Waals surface area contributed by atoms with Crippen LogP contribution in [-0.2, 0) is 28.4 Å². The van der Waals surface area contributed by atoms with Gasteiger partial charge in [-0.15, -0.1) is 0 Å². The molecule has 9 rings (SSSR count). The highest BCUT2D eigenvalue weighted by atomic mass is 79.9. The molecule has 4 N–H and O–H groups in total. The Bertz CT molecular complexity index is 3470. The van der Waals surface area contributed by atoms with E-state index in [1.54, 1.807) is 55.0 Å². The molecule has 4 aliphatic rings. The lowest BCUT2D eigenvalue weighted by Crippen LogP contribution is -2.50. The number of ether oxygens (including phenoxy) is 6. The number of halogens is 6. The third kappa shape index (κ3) is 28.8. The molecule has 4 aliphatic heterocycles. The molecular weight excluding hydrogens is 1460 g/mol. The van der Waals surface area contributed by atoms with Crippen LogP contribution in [-0.4, -0.2) is 245 Å². The molecule has 4 saturated heterocycles. The summed E-state index contributed by atoms with van der Waals surface area (Å²) in [5.41, 5.74) is -0.0669. The third-order valence-electron chi connectivity index (χ3n) is 13.9. The Morgan fingerprint density at radius 3 is 1.02 bits per heavy atom. The lowest BCUT2D eigenvalue weighted by atomic mass is 10.2. The van der Waals surface area contributed by atoms with Gasteiger partial charge in [-0.25, -0.2) is 53.7 Å². The summed E-state index contributed by atoms with van der Waals surface area (Å²) in [4.78, 5) is 120. The summed E-state index contributed by atoms with van der Waals surface area (Å²) >= 11 is 6.11. The second kappa shape index (κ2) is 40.4. The average molecular weight is 1550 g/mol. The highest BCUT2D eigenvalue weighted by Crippen LogP contribution is 2.24. The van der Waals surface area contributed by atoms with Gasteiger partial charge in [-0.05, 0) is 155 Å². The predicted molar refractivity (Wildman–Crippen MR) is 373 cm³/mol. The van der Waals surface area contributed by atoms with Crippen LogP contribution in [0.15, 0.2) is 75.8 Å². The number of hydrogen-bond acceptors (Lipinski definition) is 24. The molecule has 0 aromatic carbocycles. The maximum Gasteiger partial charge on any atom is 0.410 e. The minimum absolute atomic E-state index is 0.0335. The molecule has 5 aromatic rings. The molecule has 0 atom stereocenters. The summed E-state index contributed by atoms with van der Waals surface area (Å²) in [5.74, 6) is -5.31. The first kappa shape index (κ1) is 84.3. The van der Waals surface area contributed by atoms with Gasteiger partial charge in [0, 0.05) is 129 Å². The van der Waals surface area contributed by atoms with Crippen LogP contribution in [0.4, 0.5) is 49.0 Å². The predicted octanol–water partition coefficient (Wildman–Crippen LogP) is 7.92. The van der Waals surface area contributed by atoms with Crippen molar-refractivity contribution >= 4 is 96.9 Å². The minimum Gasteiger partial charge on any atom is -0.464 e. The Labute approximate surface area is 601 Å². The van der Waals surface area contributed by atoms with Crippen molar-refractivity contribution in [3.05, 3.63) is 128 Å². The van der Waals surface area contributed by atoms with Gasteiger partial charge in [0.05, 0.1) is 42.9 Å². The number of amides is 5. The fourth-order valence-corrected chi connectivity index (χ4v) is 9.40. The van der Waals surface area contributed by atoms with Crippen molar-refractivity contribution in [3.8, 4) is 0 Å². The Morgan fingerprint density at radius 1 is 0.406 bits per heavy atom. The van der Waals surface area contributed by atoms with Crippen LogP contribution < -0.4 is 36.0 Å². The lowest BCUT2D eigenvalue weighted by molar-refractivity contribution is 0.0221. The summed E-state index contributed by atoms with van der Waals surface area (Å²) in [7, 11) is 6.71. The SMILES string of the molecule is CC(C)(C)OC(=O)N1CCNCC1.CNC(=O)c1ccc(N2CCN(C(=O)OC(C)(C)C)CC2)c(F)n1.CNC(=O)c1ccc(N2CCNCC2)c(F)n1.COC(=O)c1ccc(Br)c(F)n1.COC(=O)c1ccc(Br)cn1.COC(=O)c1ccc(N2CCN(C(=O)OC(C)(C)C)CC2)c(F)n1. The van der Waals surface area contributed by atoms with E-state index in [1.165, 1.54) is 71.8 Å². The summed E-state index contributed by atoms with van der Waals surface area (Å²) in [6, 6.07) is 15.2. The van der Waals surface area contributed by atoms with E-state index in [4.69, 9.17) is 14.2 Å². The van der Waals surface area contributed by atoms with Gasteiger partial charge < -0.3 is 79.1 Å². The maximum atomic E-state index is 14.2. The van der Waals surface area contributed by atoms with E-state index < -0.39 is 58.8 Å². The fraction of sp³-hybridized carbons (Fsp3) is 0.500. The largest absolute Gasteiger partial charge is 0.464 e. The van der Waals surface area contributed by atoms with Crippen LogP contribution in [0, 0.1) is 23.8 Å². The van der Waals surface area contributed by atoms with Gasteiger partial charge in [-0.2, -0.15) is 17.6 Å². The number of piperazine rings is 4. The molecule has 35 heteroatoms. The molecule has 0 bridgehead atoms. The first-order valence-electron chi connectivity index (χ1n) is 31.7. The number of nitrogens with zero attached hydrogens (tertiary/aromatic N) is 11. The van der Waals surface area contributed by atoms with Gasteiger partial charge in [-0.1, -0.05) is 0 Å². The number of carbonyl (C=O) groups is 8. The van der Waals surface area contributed by atoms with Gasteiger partial charge in [-0.3, -0.25) is 9.59 Å². The van der Waals surface area contributed by atoms with E-state index in [9.17, 15) is 55.9 Å². The van der Waals surface area contributed by atoms with Gasteiger partial charge in [0.15, 0.2) is 11.4 Å². The van der Waals surface area contributed by atoms with Crippen LogP contribution >= 0.6 is 31.9 Å². The highest BCUT2D eigenvalue weighted by molar-refractivity contribution is 9.10. The van der Waals surface area contributed by atoms with Gasteiger partial charge in [0.2, 0.25) is 23.8 Å². The second-order valence-electron chi connectivity index (χ2n) is 24.8. The van der Waals surface area contributed by atoms with Crippen molar-refractivity contribution in [1.82, 2.24) is 60.9 Å². The molecule has 0 unspecified atom stereocenters. The van der Waals surface area contributed by atoms with Crippen LogP contribution in [0.5, 0.6) is 0 Å². The number of nitrogens with one attached hydrogen (secondary N) is 4. The standard InChI is InChI=1S/C16H23FN4O3.C16H22FN3O4.C11H15FN4O.C9H18N2O2.C7H5BrFNO2.C7H6BrNO2/c1-16(2,3)24-15(23)21-9-7-20(8-10-21)12-6-5-11(14(22)18-4)19-13(12)17;1-16(2,3)24-15(22)20-9-7-19(8-10-20)12-6-5-11(14(21)23-4)18-13(12)17;1-13-11(17)8-2-3-9(10(12)15-8)16-6-4-14-5-7-16;1-9(2,3)13-8(12)11-6-4-10-5-7-11;1-12-7(11)5-3-2-4(8)6(9)10-5;1-11-7(10)6-3-2-5(8)4-9-6/h5-6H,7-10H2,1-4H3,(H,18,22);5-6H,7-10H2,1-4H3;2-3,14H,4-7H2,1H3,(H,13,17);10H,4-7H2,1-3H3;2-3H,1H3;2-4H,1H3. The van der Waals surface area contributed by atoms with Crippen LogP contribution in [0.1, 0.15) is 115 Å². The van der Waals surface area contributed by atoms with Crippen molar-refractivity contribution in [2.24, 2.45) is 0 Å². The number of aromatic nitrogens is 5. The van der Waals surface area contributed by atoms with Crippen LogP contribution in [0.25, 0.3) is 0 Å². The van der Waals surface area contributed by atoms with Crippen molar-refractivity contribution in [2.75, 3.05) is 155 Å². The fourth-order valence-electron chi connectivity index (χ4n) is 8.94. The first-order chi connectivity index (χ1) is 47.5. The summed E-state index contributed by atoms with van der Waals surface area (Å²) < 4.78 is 85.1. The van der Waals surface area contributed by atoms with Crippen molar-refractivity contribution < 1.29 is 84.3 Å². The van der Waals surface area contributed by atoms with Crippen molar-refractivity contribution in [2.45, 2.75) is 79.1 Å². The highest BCUT2D eigenvalue weighted by Gasteiger charge is 2.30. The zero-order chi connectivity index (χ0) is 75.4. The molecule has 0 spiro atoms. The monoisotopic (exact) mass is 1550 g/mol. The Balaban J connectivity index is 0.000000264. The Hall–Kier alpha value is -9.09. The molecule has 5 aromatic heterocycles.